The zero-order valence-electron chi connectivity index (χ0n) is 6.79. The molecule has 4 nitrogen and oxygen atoms in total. The maximum Gasteiger partial charge on any atom is 0.319 e. The number of hydrogen-bond acceptors (Lipinski definition) is 2. The molecule has 0 bridgehead atoms. The molecule has 1 rings (SSSR count). The highest BCUT2D eigenvalue weighted by molar-refractivity contribution is 6.04. The van der Waals surface area contributed by atoms with Gasteiger partial charge in [-0.15, -0.1) is 12.4 Å². The van der Waals surface area contributed by atoms with Crippen molar-refractivity contribution in [1.82, 2.24) is 5.32 Å². The van der Waals surface area contributed by atoms with Crippen molar-refractivity contribution in [3.8, 4) is 0 Å². The van der Waals surface area contributed by atoms with Crippen LogP contribution < -0.4 is 5.32 Å². The van der Waals surface area contributed by atoms with Gasteiger partial charge in [0.15, 0.2) is 0 Å². The third kappa shape index (κ3) is 1.69. The monoisotopic (exact) mass is 193 g/mol. The van der Waals surface area contributed by atoms with Gasteiger partial charge in [0.2, 0.25) is 5.91 Å². The molecule has 0 aromatic rings. The van der Waals surface area contributed by atoms with Crippen molar-refractivity contribution in [2.75, 3.05) is 6.54 Å². The van der Waals surface area contributed by atoms with Crippen LogP contribution in [-0.4, -0.2) is 23.5 Å². The molecule has 0 aliphatic heterocycles. The Morgan fingerprint density at radius 1 is 1.50 bits per heavy atom. The Labute approximate surface area is 76.7 Å². The van der Waals surface area contributed by atoms with Gasteiger partial charge in [-0.2, -0.15) is 0 Å². The van der Waals surface area contributed by atoms with Gasteiger partial charge in [0.25, 0.3) is 0 Å². The van der Waals surface area contributed by atoms with E-state index < -0.39 is 11.4 Å². The summed E-state index contributed by atoms with van der Waals surface area (Å²) in [6.07, 6.45) is 0.961. The SMILES string of the molecule is CCNC(=O)C1(C(=O)O)CC1.Cl. The van der Waals surface area contributed by atoms with Crippen LogP contribution in [0.25, 0.3) is 0 Å². The van der Waals surface area contributed by atoms with E-state index in [9.17, 15) is 9.59 Å². The molecular weight excluding hydrogens is 182 g/mol. The lowest BCUT2D eigenvalue weighted by Gasteiger charge is -2.07. The number of hydrogen-bond donors (Lipinski definition) is 2. The van der Waals surface area contributed by atoms with E-state index in [2.05, 4.69) is 5.32 Å². The lowest BCUT2D eigenvalue weighted by Crippen LogP contribution is -2.36. The predicted molar refractivity (Wildman–Crippen MR) is 45.2 cm³/mol. The van der Waals surface area contributed by atoms with Gasteiger partial charge in [-0.25, -0.2) is 0 Å². The van der Waals surface area contributed by atoms with Crippen LogP contribution >= 0.6 is 12.4 Å². The van der Waals surface area contributed by atoms with Crippen LogP contribution in [0.5, 0.6) is 0 Å². The highest BCUT2D eigenvalue weighted by Gasteiger charge is 2.56. The number of carboxylic acids is 1. The second-order valence-electron chi connectivity index (χ2n) is 2.75. The molecule has 0 radical (unpaired) electrons. The van der Waals surface area contributed by atoms with Crippen molar-refractivity contribution < 1.29 is 14.7 Å². The minimum Gasteiger partial charge on any atom is -0.480 e. The smallest absolute Gasteiger partial charge is 0.319 e. The fourth-order valence-corrected chi connectivity index (χ4v) is 0.993. The van der Waals surface area contributed by atoms with Gasteiger partial charge in [-0.05, 0) is 19.8 Å². The summed E-state index contributed by atoms with van der Waals surface area (Å²) in [6.45, 7) is 2.27. The third-order valence-electron chi connectivity index (χ3n) is 1.93. The first-order valence-electron chi connectivity index (χ1n) is 3.65. The topological polar surface area (TPSA) is 66.4 Å². The van der Waals surface area contributed by atoms with Gasteiger partial charge in [-0.1, -0.05) is 0 Å². The van der Waals surface area contributed by atoms with E-state index in [4.69, 9.17) is 5.11 Å². The first kappa shape index (κ1) is 11.2. The van der Waals surface area contributed by atoms with Crippen LogP contribution in [0.3, 0.4) is 0 Å². The molecule has 0 heterocycles. The third-order valence-corrected chi connectivity index (χ3v) is 1.93. The fourth-order valence-electron chi connectivity index (χ4n) is 0.993. The molecule has 1 fully saturated rings. The molecule has 0 aromatic heterocycles. The largest absolute Gasteiger partial charge is 0.480 e. The first-order chi connectivity index (χ1) is 5.13. The number of carbonyl (C=O) groups is 2. The van der Waals surface area contributed by atoms with Gasteiger partial charge < -0.3 is 10.4 Å². The molecule has 2 N–H and O–H groups in total. The molecule has 1 amide bonds. The summed E-state index contributed by atoms with van der Waals surface area (Å²) in [5, 5.41) is 11.1. The Kier molecular flexibility index (Phi) is 3.52. The zero-order valence-corrected chi connectivity index (χ0v) is 7.61. The van der Waals surface area contributed by atoms with Crippen molar-refractivity contribution in [3.05, 3.63) is 0 Å². The van der Waals surface area contributed by atoms with Gasteiger partial charge in [0.05, 0.1) is 0 Å². The molecule has 1 saturated carbocycles. The number of carboxylic acid groups (broad SMARTS) is 1. The van der Waals surface area contributed by atoms with Crippen molar-refractivity contribution in [3.63, 3.8) is 0 Å². The minimum absolute atomic E-state index is 0. The average Bonchev–Trinajstić information content (AvgIpc) is 2.66. The molecule has 5 heteroatoms. The predicted octanol–water partition coefficient (Wildman–Crippen LogP) is 0.409. The van der Waals surface area contributed by atoms with Crippen LogP contribution in [0.15, 0.2) is 0 Å². The zero-order chi connectivity index (χ0) is 8.48. The van der Waals surface area contributed by atoms with Crippen molar-refractivity contribution >= 4 is 24.3 Å². The highest BCUT2D eigenvalue weighted by atomic mass is 35.5. The van der Waals surface area contributed by atoms with Crippen LogP contribution in [0.4, 0.5) is 0 Å². The first-order valence-corrected chi connectivity index (χ1v) is 3.65. The molecule has 12 heavy (non-hydrogen) atoms. The molecule has 1 aliphatic rings. The number of aliphatic carboxylic acids is 1. The van der Waals surface area contributed by atoms with Gasteiger partial charge >= 0.3 is 5.97 Å². The Bertz CT molecular complexity index is 201. The summed E-state index contributed by atoms with van der Waals surface area (Å²) in [5.41, 5.74) is -1.07. The summed E-state index contributed by atoms with van der Waals surface area (Å²) in [6, 6.07) is 0. The van der Waals surface area contributed by atoms with Crippen LogP contribution in [0.1, 0.15) is 19.8 Å². The highest BCUT2D eigenvalue weighted by Crippen LogP contribution is 2.45. The Balaban J connectivity index is 0.00000121. The van der Waals surface area contributed by atoms with Gasteiger partial charge in [-0.3, -0.25) is 9.59 Å². The lowest BCUT2D eigenvalue weighted by atomic mass is 10.1. The maximum atomic E-state index is 11.1. The molecule has 0 saturated heterocycles. The van der Waals surface area contributed by atoms with E-state index in [1.807, 2.05) is 0 Å². The second kappa shape index (κ2) is 3.76. The van der Waals surface area contributed by atoms with Crippen molar-refractivity contribution in [2.24, 2.45) is 5.41 Å². The summed E-state index contributed by atoms with van der Waals surface area (Å²) in [5.74, 6) is -1.34. The molecule has 0 unspecified atom stereocenters. The second-order valence-corrected chi connectivity index (χ2v) is 2.75. The quantitative estimate of drug-likeness (QED) is 0.638. The van der Waals surface area contributed by atoms with Crippen LogP contribution in [0.2, 0.25) is 0 Å². The molecule has 70 valence electrons. The Morgan fingerprint density at radius 2 is 2.00 bits per heavy atom. The molecule has 0 spiro atoms. The van der Waals surface area contributed by atoms with E-state index in [1.54, 1.807) is 6.92 Å². The standard InChI is InChI=1S/C7H11NO3.ClH/c1-2-8-5(9)7(3-4-7)6(10)11;/h2-4H2,1H3,(H,8,9)(H,10,11);1H. The molecule has 0 atom stereocenters. The van der Waals surface area contributed by atoms with E-state index in [1.165, 1.54) is 0 Å². The van der Waals surface area contributed by atoms with E-state index in [0.717, 1.165) is 0 Å². The van der Waals surface area contributed by atoms with E-state index >= 15 is 0 Å². The number of nitrogens with one attached hydrogen (secondary N) is 1. The number of amides is 1. The van der Waals surface area contributed by atoms with Crippen molar-refractivity contribution in [2.45, 2.75) is 19.8 Å². The van der Waals surface area contributed by atoms with Crippen LogP contribution in [0, 0.1) is 5.41 Å². The summed E-state index contributed by atoms with van der Waals surface area (Å²) >= 11 is 0. The molecular formula is C7H12ClNO3. The van der Waals surface area contributed by atoms with Crippen molar-refractivity contribution in [1.29, 1.82) is 0 Å². The van der Waals surface area contributed by atoms with Gasteiger partial charge in [0, 0.05) is 6.54 Å². The Hall–Kier alpha value is -0.770. The Morgan fingerprint density at radius 3 is 2.25 bits per heavy atom. The number of halogens is 1. The molecule has 1 aliphatic carbocycles. The van der Waals surface area contributed by atoms with E-state index in [0.29, 0.717) is 19.4 Å². The lowest BCUT2D eigenvalue weighted by molar-refractivity contribution is -0.148. The molecule has 0 aromatic carbocycles. The number of rotatable bonds is 3. The number of carbonyl (C=O) groups excluding carboxylic acids is 1. The summed E-state index contributed by atoms with van der Waals surface area (Å²) in [4.78, 5) is 21.6. The summed E-state index contributed by atoms with van der Waals surface area (Å²) in [7, 11) is 0. The normalized spacial score (nSPS) is 17.4. The average molecular weight is 194 g/mol. The van der Waals surface area contributed by atoms with Crippen LogP contribution in [-0.2, 0) is 9.59 Å². The summed E-state index contributed by atoms with van der Waals surface area (Å²) < 4.78 is 0. The van der Waals surface area contributed by atoms with Gasteiger partial charge in [0.1, 0.15) is 5.41 Å². The fraction of sp³-hybridized carbons (Fsp3) is 0.714. The van der Waals surface area contributed by atoms with E-state index in [-0.39, 0.29) is 18.3 Å². The minimum atomic E-state index is -1.07. The maximum absolute atomic E-state index is 11.1.